The van der Waals surface area contributed by atoms with Crippen LogP contribution in [-0.4, -0.2) is 28.8 Å². The number of hydrogen-bond acceptors (Lipinski definition) is 3. The normalized spacial score (nSPS) is 18.1. The quantitative estimate of drug-likeness (QED) is 0.856. The fourth-order valence-corrected chi connectivity index (χ4v) is 2.41. The number of benzene rings is 1. The monoisotopic (exact) mass is 228 g/mol. The Bertz CT molecular complexity index is 541. The van der Waals surface area contributed by atoms with Crippen molar-refractivity contribution in [3.8, 4) is 0 Å². The predicted octanol–water partition coefficient (Wildman–Crippen LogP) is 2.20. The summed E-state index contributed by atoms with van der Waals surface area (Å²) in [5, 5.41) is 11.2. The fraction of sp³-hybridized carbons (Fsp3) is 0.357. The minimum atomic E-state index is -0.496. The van der Waals surface area contributed by atoms with Crippen molar-refractivity contribution < 1.29 is 5.11 Å². The van der Waals surface area contributed by atoms with Crippen LogP contribution >= 0.6 is 0 Å². The molecule has 1 N–H and O–H groups in total. The molecule has 3 rings (SSSR count). The van der Waals surface area contributed by atoms with Crippen LogP contribution in [0, 0.1) is 0 Å². The summed E-state index contributed by atoms with van der Waals surface area (Å²) >= 11 is 0. The van der Waals surface area contributed by atoms with Crippen molar-refractivity contribution >= 4 is 16.6 Å². The second-order valence-electron chi connectivity index (χ2n) is 4.78. The first-order valence-electron chi connectivity index (χ1n) is 6.03. The number of β-amino-alcohol motifs (C(OH)–C–C–N with tert-alkyl or cyclic N) is 1. The van der Waals surface area contributed by atoms with Gasteiger partial charge in [-0.05, 0) is 18.6 Å². The SMILES string of the molecule is CCC1(O)CN(c2ccnc3ccccc23)C1. The van der Waals surface area contributed by atoms with Crippen LogP contribution in [0.5, 0.6) is 0 Å². The zero-order valence-electron chi connectivity index (χ0n) is 9.93. The zero-order valence-corrected chi connectivity index (χ0v) is 9.93. The minimum Gasteiger partial charge on any atom is -0.386 e. The molecule has 17 heavy (non-hydrogen) atoms. The third-order valence-electron chi connectivity index (χ3n) is 3.60. The maximum Gasteiger partial charge on any atom is 0.0992 e. The minimum absolute atomic E-state index is 0.496. The van der Waals surface area contributed by atoms with E-state index in [0.29, 0.717) is 0 Å². The topological polar surface area (TPSA) is 36.4 Å². The van der Waals surface area contributed by atoms with Crippen molar-refractivity contribution in [3.63, 3.8) is 0 Å². The lowest BCUT2D eigenvalue weighted by atomic mass is 9.90. The first-order chi connectivity index (χ1) is 8.22. The van der Waals surface area contributed by atoms with Crippen LogP contribution in [0.4, 0.5) is 5.69 Å². The van der Waals surface area contributed by atoms with Gasteiger partial charge in [-0.2, -0.15) is 0 Å². The number of anilines is 1. The van der Waals surface area contributed by atoms with Gasteiger partial charge in [-0.15, -0.1) is 0 Å². The summed E-state index contributed by atoms with van der Waals surface area (Å²) in [6.07, 6.45) is 2.65. The molecule has 0 aliphatic carbocycles. The Balaban J connectivity index is 1.97. The number of hydrogen-bond donors (Lipinski definition) is 1. The Morgan fingerprint density at radius 2 is 2.06 bits per heavy atom. The number of pyridine rings is 1. The highest BCUT2D eigenvalue weighted by Gasteiger charge is 2.39. The van der Waals surface area contributed by atoms with E-state index >= 15 is 0 Å². The third kappa shape index (κ3) is 1.67. The van der Waals surface area contributed by atoms with E-state index in [2.05, 4.69) is 16.0 Å². The molecule has 2 aromatic rings. The number of rotatable bonds is 2. The lowest BCUT2D eigenvalue weighted by molar-refractivity contribution is 0.00869. The van der Waals surface area contributed by atoms with Crippen molar-refractivity contribution in [1.29, 1.82) is 0 Å². The van der Waals surface area contributed by atoms with Crippen molar-refractivity contribution in [2.45, 2.75) is 18.9 Å². The molecule has 0 saturated carbocycles. The van der Waals surface area contributed by atoms with Gasteiger partial charge in [-0.1, -0.05) is 25.1 Å². The first kappa shape index (κ1) is 10.5. The van der Waals surface area contributed by atoms with Crippen LogP contribution in [-0.2, 0) is 0 Å². The van der Waals surface area contributed by atoms with Crippen molar-refractivity contribution in [1.82, 2.24) is 4.98 Å². The Labute approximate surface area is 101 Å². The Morgan fingerprint density at radius 3 is 2.82 bits per heavy atom. The maximum atomic E-state index is 10.1. The number of aromatic nitrogens is 1. The molecule has 0 unspecified atom stereocenters. The van der Waals surface area contributed by atoms with E-state index in [9.17, 15) is 5.11 Å². The molecule has 0 spiro atoms. The summed E-state index contributed by atoms with van der Waals surface area (Å²) in [6, 6.07) is 10.2. The zero-order chi connectivity index (χ0) is 11.9. The van der Waals surface area contributed by atoms with Crippen LogP contribution in [0.15, 0.2) is 36.5 Å². The van der Waals surface area contributed by atoms with Gasteiger partial charge in [0.1, 0.15) is 0 Å². The van der Waals surface area contributed by atoms with E-state index in [4.69, 9.17) is 0 Å². The summed E-state index contributed by atoms with van der Waals surface area (Å²) in [6.45, 7) is 3.47. The molecular formula is C14H16N2O. The van der Waals surface area contributed by atoms with Crippen molar-refractivity contribution in [2.24, 2.45) is 0 Å². The molecule has 1 aliphatic heterocycles. The number of aliphatic hydroxyl groups is 1. The molecule has 1 fully saturated rings. The van der Waals surface area contributed by atoms with Crippen LogP contribution in [0.1, 0.15) is 13.3 Å². The highest BCUT2D eigenvalue weighted by molar-refractivity contribution is 5.91. The molecule has 3 nitrogen and oxygen atoms in total. The van der Waals surface area contributed by atoms with Crippen molar-refractivity contribution in [2.75, 3.05) is 18.0 Å². The third-order valence-corrected chi connectivity index (χ3v) is 3.60. The number of fused-ring (bicyclic) bond motifs is 1. The average molecular weight is 228 g/mol. The van der Waals surface area contributed by atoms with Gasteiger partial charge < -0.3 is 10.0 Å². The fourth-order valence-electron chi connectivity index (χ4n) is 2.41. The van der Waals surface area contributed by atoms with Crippen molar-refractivity contribution in [3.05, 3.63) is 36.5 Å². The Hall–Kier alpha value is -1.61. The van der Waals surface area contributed by atoms with E-state index < -0.39 is 5.60 Å². The van der Waals surface area contributed by atoms with Crippen LogP contribution in [0.3, 0.4) is 0 Å². The van der Waals surface area contributed by atoms with Crippen LogP contribution < -0.4 is 4.90 Å². The molecule has 1 saturated heterocycles. The largest absolute Gasteiger partial charge is 0.386 e. The van der Waals surface area contributed by atoms with Crippen LogP contribution in [0.2, 0.25) is 0 Å². The molecule has 0 amide bonds. The standard InChI is InChI=1S/C14H16N2O/c1-2-14(17)9-16(10-14)13-7-8-15-12-6-4-3-5-11(12)13/h3-8,17H,2,9-10H2,1H3. The second kappa shape index (κ2) is 3.70. The summed E-state index contributed by atoms with van der Waals surface area (Å²) in [5.74, 6) is 0. The Kier molecular flexibility index (Phi) is 2.30. The molecule has 1 aromatic heterocycles. The molecular weight excluding hydrogens is 212 g/mol. The lowest BCUT2D eigenvalue weighted by Gasteiger charge is -2.47. The summed E-state index contributed by atoms with van der Waals surface area (Å²) in [4.78, 5) is 6.57. The van der Waals surface area contributed by atoms with Gasteiger partial charge in [0, 0.05) is 30.4 Å². The predicted molar refractivity (Wildman–Crippen MR) is 69.2 cm³/mol. The average Bonchev–Trinajstić information content (AvgIpc) is 2.34. The van der Waals surface area contributed by atoms with E-state index in [0.717, 1.165) is 30.4 Å². The van der Waals surface area contributed by atoms with Gasteiger partial charge in [0.25, 0.3) is 0 Å². The highest BCUT2D eigenvalue weighted by Crippen LogP contribution is 2.33. The highest BCUT2D eigenvalue weighted by atomic mass is 16.3. The molecule has 3 heteroatoms. The van der Waals surface area contributed by atoms with Gasteiger partial charge in [-0.3, -0.25) is 4.98 Å². The van der Waals surface area contributed by atoms with Gasteiger partial charge in [0.15, 0.2) is 0 Å². The lowest BCUT2D eigenvalue weighted by Crippen LogP contribution is -2.61. The molecule has 0 bridgehead atoms. The maximum absolute atomic E-state index is 10.1. The number of para-hydroxylation sites is 1. The smallest absolute Gasteiger partial charge is 0.0992 e. The molecule has 0 radical (unpaired) electrons. The molecule has 88 valence electrons. The van der Waals surface area contributed by atoms with Gasteiger partial charge in [0.05, 0.1) is 11.1 Å². The van der Waals surface area contributed by atoms with E-state index in [-0.39, 0.29) is 0 Å². The van der Waals surface area contributed by atoms with Crippen LogP contribution in [0.25, 0.3) is 10.9 Å². The Morgan fingerprint density at radius 1 is 1.29 bits per heavy atom. The molecule has 0 atom stereocenters. The molecule has 2 heterocycles. The summed E-state index contributed by atoms with van der Waals surface area (Å²) in [5.41, 5.74) is 1.69. The first-order valence-corrected chi connectivity index (χ1v) is 6.03. The van der Waals surface area contributed by atoms with E-state index in [1.807, 2.05) is 37.4 Å². The second-order valence-corrected chi connectivity index (χ2v) is 4.78. The summed E-state index contributed by atoms with van der Waals surface area (Å²) < 4.78 is 0. The van der Waals surface area contributed by atoms with Gasteiger partial charge >= 0.3 is 0 Å². The number of nitrogens with zero attached hydrogens (tertiary/aromatic N) is 2. The summed E-state index contributed by atoms with van der Waals surface area (Å²) in [7, 11) is 0. The van der Waals surface area contributed by atoms with E-state index in [1.165, 1.54) is 5.69 Å². The molecule has 1 aliphatic rings. The van der Waals surface area contributed by atoms with E-state index in [1.54, 1.807) is 0 Å². The molecule has 1 aromatic carbocycles. The van der Waals surface area contributed by atoms with Gasteiger partial charge in [-0.25, -0.2) is 0 Å². The van der Waals surface area contributed by atoms with Gasteiger partial charge in [0.2, 0.25) is 0 Å².